The van der Waals surface area contributed by atoms with Crippen LogP contribution < -0.4 is 4.74 Å². The Bertz CT molecular complexity index is 730. The van der Waals surface area contributed by atoms with Crippen LogP contribution >= 0.6 is 0 Å². The van der Waals surface area contributed by atoms with Crippen LogP contribution in [0.5, 0.6) is 5.75 Å². The number of amides is 1. The van der Waals surface area contributed by atoms with Crippen molar-refractivity contribution in [2.24, 2.45) is 5.92 Å². The summed E-state index contributed by atoms with van der Waals surface area (Å²) in [5.74, 6) is 0.798. The van der Waals surface area contributed by atoms with Gasteiger partial charge in [-0.2, -0.15) is 5.26 Å². The summed E-state index contributed by atoms with van der Waals surface area (Å²) in [6.07, 6.45) is 4.66. The average Bonchev–Trinajstić information content (AvgIpc) is 3.23. The zero-order valence-electron chi connectivity index (χ0n) is 18.6. The maximum atomic E-state index is 12.7. The van der Waals surface area contributed by atoms with Crippen molar-refractivity contribution in [3.63, 3.8) is 0 Å². The molecule has 2 heterocycles. The summed E-state index contributed by atoms with van der Waals surface area (Å²) in [4.78, 5) is 17.0. The maximum Gasteiger partial charge on any atom is 0.410 e. The molecule has 0 saturated carbocycles. The van der Waals surface area contributed by atoms with Gasteiger partial charge >= 0.3 is 6.09 Å². The fourth-order valence-corrected chi connectivity index (χ4v) is 4.21. The molecule has 6 nitrogen and oxygen atoms in total. The van der Waals surface area contributed by atoms with Crippen LogP contribution in [-0.2, 0) is 4.74 Å². The monoisotopic (exact) mass is 413 g/mol. The zero-order valence-corrected chi connectivity index (χ0v) is 18.6. The molecule has 0 spiro atoms. The number of carbonyl (C=O) groups excluding carboxylic acids is 1. The normalized spacial score (nSPS) is 22.5. The number of nitriles is 1. The number of rotatable bonds is 6. The predicted octanol–water partition coefficient (Wildman–Crippen LogP) is 4.76. The molecule has 1 aromatic rings. The molecule has 2 atom stereocenters. The molecule has 2 aliphatic rings. The Morgan fingerprint density at radius 3 is 2.50 bits per heavy atom. The Kier molecular flexibility index (Phi) is 7.60. The van der Waals surface area contributed by atoms with Crippen molar-refractivity contribution in [3.05, 3.63) is 29.8 Å². The SMILES string of the molecule is CC(C)(C)OC(=O)N1CCC(C#N)CC1c1ccc(OCCCN2CCCC2)cc1. The first kappa shape index (κ1) is 22.4. The van der Waals surface area contributed by atoms with Gasteiger partial charge in [0.15, 0.2) is 0 Å². The van der Waals surface area contributed by atoms with Crippen LogP contribution in [0.1, 0.15) is 64.5 Å². The van der Waals surface area contributed by atoms with Gasteiger partial charge in [-0.25, -0.2) is 4.79 Å². The number of benzene rings is 1. The smallest absolute Gasteiger partial charge is 0.410 e. The number of nitrogens with zero attached hydrogens (tertiary/aromatic N) is 3. The number of hydrogen-bond donors (Lipinski definition) is 0. The van der Waals surface area contributed by atoms with E-state index in [0.29, 0.717) is 26.0 Å². The van der Waals surface area contributed by atoms with E-state index in [9.17, 15) is 10.1 Å². The fraction of sp³-hybridized carbons (Fsp3) is 0.667. The number of hydrogen-bond acceptors (Lipinski definition) is 5. The molecule has 0 aliphatic carbocycles. The quantitative estimate of drug-likeness (QED) is 0.629. The van der Waals surface area contributed by atoms with Crippen molar-refractivity contribution in [3.8, 4) is 11.8 Å². The molecule has 6 heteroatoms. The molecule has 2 aliphatic heterocycles. The van der Waals surface area contributed by atoms with Crippen molar-refractivity contribution in [2.45, 2.75) is 64.5 Å². The molecule has 0 aromatic heterocycles. The van der Waals surface area contributed by atoms with Gasteiger partial charge in [-0.1, -0.05) is 12.1 Å². The Hall–Kier alpha value is -2.26. The fourth-order valence-electron chi connectivity index (χ4n) is 4.21. The standard InChI is InChI=1S/C24H35N3O3/c1-24(2,3)30-23(28)27-15-11-19(18-25)17-22(27)20-7-9-21(10-8-20)29-16-6-14-26-12-4-5-13-26/h7-10,19,22H,4-6,11-17H2,1-3H3. The van der Waals surface area contributed by atoms with E-state index in [1.165, 1.54) is 25.9 Å². The van der Waals surface area contributed by atoms with E-state index < -0.39 is 5.60 Å². The molecular weight excluding hydrogens is 378 g/mol. The number of likely N-dealkylation sites (tertiary alicyclic amines) is 2. The van der Waals surface area contributed by atoms with Crippen molar-refractivity contribution < 1.29 is 14.3 Å². The van der Waals surface area contributed by atoms with Gasteiger partial charge in [0.25, 0.3) is 0 Å². The van der Waals surface area contributed by atoms with Crippen LogP contribution in [0.3, 0.4) is 0 Å². The average molecular weight is 414 g/mol. The van der Waals surface area contributed by atoms with Crippen LogP contribution in [0.2, 0.25) is 0 Å². The van der Waals surface area contributed by atoms with E-state index in [0.717, 1.165) is 24.3 Å². The molecule has 2 fully saturated rings. The molecule has 1 aromatic carbocycles. The molecule has 3 rings (SSSR count). The van der Waals surface area contributed by atoms with Gasteiger partial charge in [-0.05, 0) is 83.7 Å². The lowest BCUT2D eigenvalue weighted by Crippen LogP contribution is -2.43. The first-order valence-corrected chi connectivity index (χ1v) is 11.2. The van der Waals surface area contributed by atoms with Crippen molar-refractivity contribution in [1.29, 1.82) is 5.26 Å². The highest BCUT2D eigenvalue weighted by atomic mass is 16.6. The third-order valence-electron chi connectivity index (χ3n) is 5.76. The third kappa shape index (κ3) is 6.37. The first-order chi connectivity index (χ1) is 14.4. The van der Waals surface area contributed by atoms with Crippen LogP contribution in [0, 0.1) is 17.2 Å². The largest absolute Gasteiger partial charge is 0.494 e. The molecule has 164 valence electrons. The van der Waals surface area contributed by atoms with Gasteiger partial charge in [0.05, 0.1) is 24.6 Å². The molecule has 1 amide bonds. The minimum atomic E-state index is -0.541. The van der Waals surface area contributed by atoms with Crippen LogP contribution in [0.25, 0.3) is 0 Å². The Morgan fingerprint density at radius 1 is 1.17 bits per heavy atom. The Morgan fingerprint density at radius 2 is 1.87 bits per heavy atom. The van der Waals surface area contributed by atoms with E-state index in [4.69, 9.17) is 9.47 Å². The van der Waals surface area contributed by atoms with Crippen LogP contribution in [0.4, 0.5) is 4.79 Å². The van der Waals surface area contributed by atoms with Gasteiger partial charge in [0.1, 0.15) is 11.4 Å². The topological polar surface area (TPSA) is 65.8 Å². The molecule has 0 radical (unpaired) electrons. The van der Waals surface area contributed by atoms with Gasteiger partial charge in [-0.3, -0.25) is 0 Å². The third-order valence-corrected chi connectivity index (χ3v) is 5.76. The highest BCUT2D eigenvalue weighted by Gasteiger charge is 2.35. The van der Waals surface area contributed by atoms with Crippen molar-refractivity contribution >= 4 is 6.09 Å². The molecule has 0 bridgehead atoms. The van der Waals surface area contributed by atoms with Gasteiger partial charge in [0.2, 0.25) is 0 Å². The highest BCUT2D eigenvalue weighted by molar-refractivity contribution is 5.69. The van der Waals surface area contributed by atoms with E-state index in [-0.39, 0.29) is 18.1 Å². The lowest BCUT2D eigenvalue weighted by atomic mass is 9.88. The first-order valence-electron chi connectivity index (χ1n) is 11.2. The summed E-state index contributed by atoms with van der Waals surface area (Å²) in [6, 6.07) is 10.2. The summed E-state index contributed by atoms with van der Waals surface area (Å²) in [7, 11) is 0. The molecule has 2 unspecified atom stereocenters. The number of carbonyl (C=O) groups is 1. The summed E-state index contributed by atoms with van der Waals surface area (Å²) in [5.41, 5.74) is 0.478. The minimum Gasteiger partial charge on any atom is -0.494 e. The zero-order chi connectivity index (χ0) is 21.6. The predicted molar refractivity (Wildman–Crippen MR) is 116 cm³/mol. The second kappa shape index (κ2) is 10.2. The summed E-state index contributed by atoms with van der Waals surface area (Å²) in [5, 5.41) is 9.40. The molecule has 30 heavy (non-hydrogen) atoms. The lowest BCUT2D eigenvalue weighted by molar-refractivity contribution is 0.00667. The lowest BCUT2D eigenvalue weighted by Gasteiger charge is -2.38. The Balaban J connectivity index is 1.59. The minimum absolute atomic E-state index is 0.0461. The van der Waals surface area contributed by atoms with Crippen LogP contribution in [0.15, 0.2) is 24.3 Å². The Labute approximate surface area is 180 Å². The van der Waals surface area contributed by atoms with E-state index >= 15 is 0 Å². The van der Waals surface area contributed by atoms with E-state index in [2.05, 4.69) is 11.0 Å². The van der Waals surface area contributed by atoms with Gasteiger partial charge < -0.3 is 19.3 Å². The summed E-state index contributed by atoms with van der Waals surface area (Å²) in [6.45, 7) is 10.4. The highest BCUT2D eigenvalue weighted by Crippen LogP contribution is 2.35. The summed E-state index contributed by atoms with van der Waals surface area (Å²) < 4.78 is 11.5. The maximum absolute atomic E-state index is 12.7. The number of piperidine rings is 1. The molecule has 2 saturated heterocycles. The van der Waals surface area contributed by atoms with E-state index in [1.807, 2.05) is 45.0 Å². The summed E-state index contributed by atoms with van der Waals surface area (Å²) >= 11 is 0. The van der Waals surface area contributed by atoms with Crippen molar-refractivity contribution in [1.82, 2.24) is 9.80 Å². The van der Waals surface area contributed by atoms with Crippen molar-refractivity contribution in [2.75, 3.05) is 32.8 Å². The second-order valence-corrected chi connectivity index (χ2v) is 9.36. The molecule has 0 N–H and O–H groups in total. The van der Waals surface area contributed by atoms with Gasteiger partial charge in [0, 0.05) is 13.1 Å². The second-order valence-electron chi connectivity index (χ2n) is 9.36. The number of ether oxygens (including phenoxy) is 2. The van der Waals surface area contributed by atoms with E-state index in [1.54, 1.807) is 4.90 Å². The van der Waals surface area contributed by atoms with Crippen LogP contribution in [-0.4, -0.2) is 54.3 Å². The van der Waals surface area contributed by atoms with Gasteiger partial charge in [-0.15, -0.1) is 0 Å². The molecular formula is C24H35N3O3.